The summed E-state index contributed by atoms with van der Waals surface area (Å²) in [7, 11) is 0. The lowest BCUT2D eigenvalue weighted by Crippen LogP contribution is -2.14. The highest BCUT2D eigenvalue weighted by atomic mass is 35.5. The number of hydrogen-bond donors (Lipinski definition) is 2. The van der Waals surface area contributed by atoms with Crippen molar-refractivity contribution in [2.45, 2.75) is 19.1 Å². The quantitative estimate of drug-likeness (QED) is 0.623. The average Bonchev–Trinajstić information content (AvgIpc) is 1.61. The van der Waals surface area contributed by atoms with E-state index in [4.69, 9.17) is 5.11 Å². The molecule has 2 N–H and O–H groups in total. The molecule has 0 bridgehead atoms. The minimum atomic E-state index is -0.983. The Morgan fingerprint density at radius 1 is 1.67 bits per heavy atom. The molecule has 0 saturated carbocycles. The first kappa shape index (κ1) is 11.7. The number of halogens is 1. The molecule has 56 valence electrons. The minimum Gasteiger partial charge on any atom is -0.464 e. The third kappa shape index (κ3) is 11.5. The summed E-state index contributed by atoms with van der Waals surface area (Å²) in [5.41, 5.74) is 0. The number of amides is 1. The highest BCUT2D eigenvalue weighted by Gasteiger charge is 1.95. The van der Waals surface area contributed by atoms with Gasteiger partial charge in [-0.05, 0) is 11.9 Å². The van der Waals surface area contributed by atoms with Crippen molar-refractivity contribution in [3.05, 3.63) is 0 Å². The van der Waals surface area contributed by atoms with Crippen molar-refractivity contribution in [1.82, 2.24) is 4.72 Å². The number of rotatable bonds is 2. The molecule has 0 saturated heterocycles. The van der Waals surface area contributed by atoms with E-state index in [-0.39, 0.29) is 12.4 Å². The van der Waals surface area contributed by atoms with E-state index in [1.165, 1.54) is 11.9 Å². The Kier molecular flexibility index (Phi) is 7.83. The van der Waals surface area contributed by atoms with Crippen LogP contribution < -0.4 is 4.72 Å². The van der Waals surface area contributed by atoms with E-state index in [1.54, 1.807) is 0 Å². The summed E-state index contributed by atoms with van der Waals surface area (Å²) in [5, 5.41) is 8.34. The standard InChI is InChI=1S/C4H9NO2S.ClH/c1-3(2)8-5-4(6)7;/h3,5H,1-2H3,(H,6,7);1H. The van der Waals surface area contributed by atoms with Gasteiger partial charge in [-0.2, -0.15) is 0 Å². The first-order chi connectivity index (χ1) is 3.63. The molecule has 5 heteroatoms. The molecule has 0 aromatic carbocycles. The van der Waals surface area contributed by atoms with Crippen LogP contribution in [-0.2, 0) is 0 Å². The van der Waals surface area contributed by atoms with Crippen LogP contribution in [-0.4, -0.2) is 16.4 Å². The molecule has 0 aromatic rings. The van der Waals surface area contributed by atoms with Crippen LogP contribution in [0.15, 0.2) is 0 Å². The summed E-state index contributed by atoms with van der Waals surface area (Å²) in [6, 6.07) is 0. The monoisotopic (exact) mass is 171 g/mol. The van der Waals surface area contributed by atoms with Gasteiger partial charge in [0.15, 0.2) is 0 Å². The van der Waals surface area contributed by atoms with Crippen molar-refractivity contribution >= 4 is 30.4 Å². The lowest BCUT2D eigenvalue weighted by Gasteiger charge is -2.00. The van der Waals surface area contributed by atoms with Crippen molar-refractivity contribution in [3.8, 4) is 0 Å². The zero-order valence-electron chi connectivity index (χ0n) is 5.25. The van der Waals surface area contributed by atoms with Crippen molar-refractivity contribution in [2.24, 2.45) is 0 Å². The number of nitrogens with one attached hydrogen (secondary N) is 1. The molecule has 0 radical (unpaired) electrons. The molecule has 0 fully saturated rings. The van der Waals surface area contributed by atoms with Gasteiger partial charge < -0.3 is 5.11 Å². The van der Waals surface area contributed by atoms with Gasteiger partial charge in [0.2, 0.25) is 0 Å². The number of hydrogen-bond acceptors (Lipinski definition) is 2. The van der Waals surface area contributed by atoms with E-state index in [2.05, 4.69) is 4.72 Å². The first-order valence-corrected chi connectivity index (χ1v) is 3.15. The van der Waals surface area contributed by atoms with Crippen LogP contribution in [0.1, 0.15) is 13.8 Å². The maximum atomic E-state index is 9.77. The Balaban J connectivity index is 0. The Morgan fingerprint density at radius 3 is 2.22 bits per heavy atom. The van der Waals surface area contributed by atoms with E-state index >= 15 is 0 Å². The van der Waals surface area contributed by atoms with Crippen LogP contribution in [0, 0.1) is 0 Å². The van der Waals surface area contributed by atoms with Crippen LogP contribution in [0.4, 0.5) is 4.79 Å². The van der Waals surface area contributed by atoms with Gasteiger partial charge in [0, 0.05) is 5.25 Å². The maximum absolute atomic E-state index is 9.77. The van der Waals surface area contributed by atoms with E-state index in [0.29, 0.717) is 5.25 Å². The van der Waals surface area contributed by atoms with Gasteiger partial charge in [0.1, 0.15) is 0 Å². The first-order valence-electron chi connectivity index (χ1n) is 2.27. The third-order valence-corrected chi connectivity index (χ3v) is 1.15. The van der Waals surface area contributed by atoms with Crippen LogP contribution in [0.25, 0.3) is 0 Å². The van der Waals surface area contributed by atoms with Gasteiger partial charge in [-0.3, -0.25) is 4.72 Å². The zero-order valence-corrected chi connectivity index (χ0v) is 6.88. The van der Waals surface area contributed by atoms with Crippen LogP contribution >= 0.6 is 24.4 Å². The number of carboxylic acid groups (broad SMARTS) is 1. The Hall–Kier alpha value is -0.0900. The predicted molar refractivity (Wildman–Crippen MR) is 41.1 cm³/mol. The summed E-state index contributed by atoms with van der Waals surface area (Å²) in [6.07, 6.45) is -0.983. The van der Waals surface area contributed by atoms with Crippen molar-refractivity contribution < 1.29 is 9.90 Å². The second-order valence-electron chi connectivity index (χ2n) is 1.57. The molecule has 1 amide bonds. The number of carbonyl (C=O) groups is 1. The molecule has 0 spiro atoms. The molecular formula is C4H10ClNO2S. The van der Waals surface area contributed by atoms with Gasteiger partial charge in [0.25, 0.3) is 0 Å². The average molecular weight is 172 g/mol. The zero-order chi connectivity index (χ0) is 6.57. The molecular weight excluding hydrogens is 162 g/mol. The fourth-order valence-corrected chi connectivity index (χ4v) is 0.505. The Labute approximate surface area is 64.8 Å². The van der Waals surface area contributed by atoms with E-state index in [1.807, 2.05) is 13.8 Å². The fourth-order valence-electron chi connectivity index (χ4n) is 0.168. The normalized spacial score (nSPS) is 8.33. The second kappa shape index (κ2) is 6.04. The van der Waals surface area contributed by atoms with Crippen LogP contribution in [0.5, 0.6) is 0 Å². The molecule has 0 aliphatic heterocycles. The summed E-state index contributed by atoms with van der Waals surface area (Å²) in [5.74, 6) is 0. The second-order valence-corrected chi connectivity index (χ2v) is 2.96. The molecule has 0 aromatic heterocycles. The Morgan fingerprint density at radius 2 is 2.11 bits per heavy atom. The molecule has 0 heterocycles. The summed E-state index contributed by atoms with van der Waals surface area (Å²) in [4.78, 5) is 9.77. The lowest BCUT2D eigenvalue weighted by molar-refractivity contribution is 0.202. The topological polar surface area (TPSA) is 49.3 Å². The highest BCUT2D eigenvalue weighted by Crippen LogP contribution is 2.01. The van der Waals surface area contributed by atoms with E-state index in [9.17, 15) is 4.79 Å². The largest absolute Gasteiger partial charge is 0.464 e. The van der Waals surface area contributed by atoms with Crippen molar-refractivity contribution in [3.63, 3.8) is 0 Å². The minimum absolute atomic E-state index is 0. The molecule has 0 unspecified atom stereocenters. The predicted octanol–water partition coefficient (Wildman–Crippen LogP) is 1.73. The molecule has 0 aliphatic rings. The van der Waals surface area contributed by atoms with Gasteiger partial charge in [0.05, 0.1) is 0 Å². The highest BCUT2D eigenvalue weighted by molar-refractivity contribution is 7.98. The molecule has 9 heavy (non-hydrogen) atoms. The maximum Gasteiger partial charge on any atom is 0.414 e. The van der Waals surface area contributed by atoms with Crippen molar-refractivity contribution in [2.75, 3.05) is 0 Å². The molecule has 0 rings (SSSR count). The SMILES string of the molecule is CC(C)SNC(=O)O.Cl. The molecule has 0 atom stereocenters. The summed E-state index contributed by atoms with van der Waals surface area (Å²) >= 11 is 1.19. The van der Waals surface area contributed by atoms with Gasteiger partial charge in [-0.25, -0.2) is 4.79 Å². The van der Waals surface area contributed by atoms with Gasteiger partial charge in [-0.1, -0.05) is 13.8 Å². The Bertz CT molecular complexity index is 88.6. The van der Waals surface area contributed by atoms with Gasteiger partial charge >= 0.3 is 6.09 Å². The van der Waals surface area contributed by atoms with E-state index in [0.717, 1.165) is 0 Å². The van der Waals surface area contributed by atoms with Crippen molar-refractivity contribution in [1.29, 1.82) is 0 Å². The third-order valence-electron chi connectivity index (χ3n) is 0.382. The lowest BCUT2D eigenvalue weighted by atomic mass is 10.6. The smallest absolute Gasteiger partial charge is 0.414 e. The van der Waals surface area contributed by atoms with Crippen LogP contribution in [0.2, 0.25) is 0 Å². The summed E-state index contributed by atoms with van der Waals surface area (Å²) < 4.78 is 2.18. The summed E-state index contributed by atoms with van der Waals surface area (Å²) in [6.45, 7) is 3.83. The molecule has 0 aliphatic carbocycles. The van der Waals surface area contributed by atoms with E-state index < -0.39 is 6.09 Å². The fraction of sp³-hybridized carbons (Fsp3) is 0.750. The van der Waals surface area contributed by atoms with Gasteiger partial charge in [-0.15, -0.1) is 12.4 Å². The molecule has 3 nitrogen and oxygen atoms in total. The van der Waals surface area contributed by atoms with Crippen LogP contribution in [0.3, 0.4) is 0 Å².